The van der Waals surface area contributed by atoms with Gasteiger partial charge in [0.25, 0.3) is 0 Å². The summed E-state index contributed by atoms with van der Waals surface area (Å²) in [7, 11) is 0. The van der Waals surface area contributed by atoms with Gasteiger partial charge in [0.1, 0.15) is 5.52 Å². The van der Waals surface area contributed by atoms with Gasteiger partial charge in [-0.05, 0) is 35.9 Å². The third kappa shape index (κ3) is 5.39. The number of rotatable bonds is 6. The number of pyridine rings is 1. The molecule has 6 aromatic carbocycles. The standard InChI is InChI=1S/C48H29N7O/c1-3-12-31(13-4-1)44-49-29-42-43(51-44)39-27-35(28-50-48(39)56-42)30-22-24-33(25-23-30)46-52-45(32-14-5-2-6-15-32)53-47(54-46)34-16-11-17-36(26-34)55-40-20-9-7-18-37(40)38-19-8-10-21-41(38)55/h1-29H. The van der Waals surface area contributed by atoms with Crippen LogP contribution in [0.3, 0.4) is 0 Å². The van der Waals surface area contributed by atoms with Gasteiger partial charge < -0.3 is 8.98 Å². The molecule has 0 atom stereocenters. The van der Waals surface area contributed by atoms with Gasteiger partial charge >= 0.3 is 0 Å². The smallest absolute Gasteiger partial charge is 0.229 e. The van der Waals surface area contributed by atoms with Crippen LogP contribution in [0.1, 0.15) is 0 Å². The molecule has 0 saturated heterocycles. The summed E-state index contributed by atoms with van der Waals surface area (Å²) in [5.74, 6) is 2.43. The highest BCUT2D eigenvalue weighted by molar-refractivity contribution is 6.09. The van der Waals surface area contributed by atoms with E-state index in [2.05, 4.69) is 106 Å². The number of hydrogen-bond donors (Lipinski definition) is 0. The van der Waals surface area contributed by atoms with Crippen molar-refractivity contribution in [1.29, 1.82) is 0 Å². The van der Waals surface area contributed by atoms with Crippen molar-refractivity contribution in [3.63, 3.8) is 0 Å². The molecule has 0 fully saturated rings. The summed E-state index contributed by atoms with van der Waals surface area (Å²) in [4.78, 5) is 29.2. The summed E-state index contributed by atoms with van der Waals surface area (Å²) in [5, 5.41) is 3.26. The predicted molar refractivity (Wildman–Crippen MR) is 222 cm³/mol. The Labute approximate surface area is 320 Å². The van der Waals surface area contributed by atoms with Crippen LogP contribution >= 0.6 is 0 Å². The maximum Gasteiger partial charge on any atom is 0.229 e. The van der Waals surface area contributed by atoms with Crippen molar-refractivity contribution in [3.8, 4) is 62.4 Å². The highest BCUT2D eigenvalue weighted by Crippen LogP contribution is 2.35. The Morgan fingerprint density at radius 3 is 1.61 bits per heavy atom. The van der Waals surface area contributed by atoms with Gasteiger partial charge in [0.2, 0.25) is 5.71 Å². The van der Waals surface area contributed by atoms with Crippen LogP contribution in [0.15, 0.2) is 181 Å². The minimum Gasteiger partial charge on any atom is -0.434 e. The van der Waals surface area contributed by atoms with Gasteiger partial charge in [0, 0.05) is 50.5 Å². The molecule has 0 bridgehead atoms. The first-order chi connectivity index (χ1) is 27.7. The molecule has 0 radical (unpaired) electrons. The predicted octanol–water partition coefficient (Wildman–Crippen LogP) is 11.4. The van der Waals surface area contributed by atoms with Crippen molar-refractivity contribution < 1.29 is 4.42 Å². The molecular formula is C48H29N7O. The number of furan rings is 1. The van der Waals surface area contributed by atoms with E-state index < -0.39 is 0 Å². The van der Waals surface area contributed by atoms with Gasteiger partial charge in [-0.2, -0.15) is 0 Å². The molecule has 8 heteroatoms. The zero-order chi connectivity index (χ0) is 37.0. The van der Waals surface area contributed by atoms with Gasteiger partial charge in [-0.1, -0.05) is 133 Å². The number of fused-ring (bicyclic) bond motifs is 6. The molecule has 0 aliphatic rings. The van der Waals surface area contributed by atoms with Gasteiger partial charge in [-0.15, -0.1) is 0 Å². The van der Waals surface area contributed by atoms with E-state index in [1.807, 2.05) is 79.0 Å². The Morgan fingerprint density at radius 1 is 0.375 bits per heavy atom. The van der Waals surface area contributed by atoms with Gasteiger partial charge in [0.15, 0.2) is 28.9 Å². The third-order valence-corrected chi connectivity index (χ3v) is 10.2. The average molecular weight is 720 g/mol. The van der Waals surface area contributed by atoms with Gasteiger partial charge in [-0.25, -0.2) is 29.9 Å². The number of nitrogens with zero attached hydrogens (tertiary/aromatic N) is 7. The van der Waals surface area contributed by atoms with Crippen molar-refractivity contribution in [3.05, 3.63) is 176 Å². The van der Waals surface area contributed by atoms with Crippen molar-refractivity contribution >= 4 is 44.0 Å². The Bertz CT molecular complexity index is 3190. The summed E-state index contributed by atoms with van der Waals surface area (Å²) in [5.41, 5.74) is 10.7. The number of benzene rings is 6. The van der Waals surface area contributed by atoms with E-state index >= 15 is 0 Å². The van der Waals surface area contributed by atoms with E-state index in [1.165, 1.54) is 10.8 Å². The summed E-state index contributed by atoms with van der Waals surface area (Å²) < 4.78 is 8.32. The van der Waals surface area contributed by atoms with Crippen molar-refractivity contribution in [2.75, 3.05) is 0 Å². The lowest BCUT2D eigenvalue weighted by molar-refractivity contribution is 0.651. The highest BCUT2D eigenvalue weighted by atomic mass is 16.3. The normalized spacial score (nSPS) is 11.6. The van der Waals surface area contributed by atoms with Crippen LogP contribution < -0.4 is 0 Å². The zero-order valence-corrected chi connectivity index (χ0v) is 29.8. The molecule has 11 rings (SSSR count). The van der Waals surface area contributed by atoms with E-state index in [4.69, 9.17) is 24.4 Å². The largest absolute Gasteiger partial charge is 0.434 e. The summed E-state index contributed by atoms with van der Waals surface area (Å²) in [6.45, 7) is 0. The summed E-state index contributed by atoms with van der Waals surface area (Å²) >= 11 is 0. The van der Waals surface area contributed by atoms with Crippen LogP contribution in [0.5, 0.6) is 0 Å². The van der Waals surface area contributed by atoms with Crippen molar-refractivity contribution in [2.24, 2.45) is 0 Å². The molecule has 0 amide bonds. The Hall–Kier alpha value is -7.84. The average Bonchev–Trinajstić information content (AvgIpc) is 3.82. The summed E-state index contributed by atoms with van der Waals surface area (Å²) in [6, 6.07) is 55.7. The fraction of sp³-hybridized carbons (Fsp3) is 0. The van der Waals surface area contributed by atoms with E-state index in [1.54, 1.807) is 6.20 Å². The molecule has 11 aromatic rings. The fourth-order valence-electron chi connectivity index (χ4n) is 7.48. The molecule has 8 nitrogen and oxygen atoms in total. The molecule has 0 saturated carbocycles. The molecule has 0 unspecified atom stereocenters. The fourth-order valence-corrected chi connectivity index (χ4v) is 7.48. The SMILES string of the molecule is c1ccc(-c2nc(-c3ccc(-c4cnc5oc6cnc(-c7ccccc7)nc6c5c4)cc3)nc(-c3cccc(-n4c5ccccc5c5ccccc54)c3)n2)cc1. The van der Waals surface area contributed by atoms with E-state index in [0.717, 1.165) is 61.0 Å². The lowest BCUT2D eigenvalue weighted by atomic mass is 10.0. The Balaban J connectivity index is 0.988. The molecule has 56 heavy (non-hydrogen) atoms. The molecule has 0 aliphatic heterocycles. The van der Waals surface area contributed by atoms with Crippen LogP contribution in [0, 0.1) is 0 Å². The maximum absolute atomic E-state index is 6.01. The molecular weight excluding hydrogens is 691 g/mol. The first-order valence-electron chi connectivity index (χ1n) is 18.4. The molecule has 5 aromatic heterocycles. The monoisotopic (exact) mass is 719 g/mol. The third-order valence-electron chi connectivity index (χ3n) is 10.2. The number of aromatic nitrogens is 7. The molecule has 0 spiro atoms. The lowest BCUT2D eigenvalue weighted by Crippen LogP contribution is -2.01. The van der Waals surface area contributed by atoms with E-state index in [0.29, 0.717) is 34.6 Å². The van der Waals surface area contributed by atoms with Crippen LogP contribution in [0.4, 0.5) is 0 Å². The Morgan fingerprint density at radius 2 is 0.929 bits per heavy atom. The van der Waals surface area contributed by atoms with E-state index in [-0.39, 0.29) is 0 Å². The molecule has 0 N–H and O–H groups in total. The van der Waals surface area contributed by atoms with Gasteiger partial charge in [0.05, 0.1) is 22.6 Å². The van der Waals surface area contributed by atoms with Crippen LogP contribution in [0.2, 0.25) is 0 Å². The second-order valence-corrected chi connectivity index (χ2v) is 13.6. The minimum absolute atomic E-state index is 0.522. The van der Waals surface area contributed by atoms with E-state index in [9.17, 15) is 0 Å². The molecule has 5 heterocycles. The van der Waals surface area contributed by atoms with Crippen molar-refractivity contribution in [2.45, 2.75) is 0 Å². The maximum atomic E-state index is 6.01. The number of hydrogen-bond acceptors (Lipinski definition) is 7. The quantitative estimate of drug-likeness (QED) is 0.169. The molecule has 0 aliphatic carbocycles. The highest BCUT2D eigenvalue weighted by Gasteiger charge is 2.17. The first-order valence-corrected chi connectivity index (χ1v) is 18.4. The zero-order valence-electron chi connectivity index (χ0n) is 29.8. The van der Waals surface area contributed by atoms with Gasteiger partial charge in [-0.3, -0.25) is 0 Å². The second kappa shape index (κ2) is 12.9. The number of para-hydroxylation sites is 2. The Kier molecular flexibility index (Phi) is 7.31. The van der Waals surface area contributed by atoms with Crippen LogP contribution in [-0.2, 0) is 0 Å². The molecule has 262 valence electrons. The lowest BCUT2D eigenvalue weighted by Gasteiger charge is -2.12. The first kappa shape index (κ1) is 31.7. The van der Waals surface area contributed by atoms with Crippen LogP contribution in [-0.4, -0.2) is 34.5 Å². The summed E-state index contributed by atoms with van der Waals surface area (Å²) in [6.07, 6.45) is 3.54. The second-order valence-electron chi connectivity index (χ2n) is 13.6. The van der Waals surface area contributed by atoms with Crippen molar-refractivity contribution in [1.82, 2.24) is 34.5 Å². The minimum atomic E-state index is 0.522. The van der Waals surface area contributed by atoms with Crippen LogP contribution in [0.25, 0.3) is 106 Å². The topological polar surface area (TPSA) is 95.4 Å².